The lowest BCUT2D eigenvalue weighted by Gasteiger charge is -2.28. The monoisotopic (exact) mass is 458 g/mol. The molecule has 1 fully saturated rings. The number of halogens is 4. The summed E-state index contributed by atoms with van der Waals surface area (Å²) in [4.78, 5) is 13.1. The van der Waals surface area contributed by atoms with Crippen LogP contribution in [0.4, 0.5) is 13.2 Å². The number of alkyl halides is 3. The van der Waals surface area contributed by atoms with E-state index in [-0.39, 0.29) is 16.8 Å². The third kappa shape index (κ3) is 6.33. The lowest BCUT2D eigenvalue weighted by Crippen LogP contribution is -2.50. The molecule has 0 unspecified atom stereocenters. The van der Waals surface area contributed by atoms with E-state index in [9.17, 15) is 21.6 Å². The lowest BCUT2D eigenvalue weighted by molar-refractivity contribution is -0.192. The predicted octanol–water partition coefficient (Wildman–Crippen LogP) is 2.75. The van der Waals surface area contributed by atoms with Gasteiger partial charge in [-0.3, -0.25) is 0 Å². The minimum Gasteiger partial charge on any atom is -0.486 e. The quantitative estimate of drug-likeness (QED) is 0.709. The van der Waals surface area contributed by atoms with Crippen molar-refractivity contribution in [2.45, 2.75) is 22.9 Å². The van der Waals surface area contributed by atoms with Gasteiger partial charge < -0.3 is 15.2 Å². The van der Waals surface area contributed by atoms with E-state index in [0.29, 0.717) is 15.8 Å². The normalized spacial score (nSPS) is 14.6. The number of carboxylic acids is 1. The Labute approximate surface area is 167 Å². The number of rotatable bonds is 5. The SMILES string of the molecule is O=C(O)C(F)(F)F.O=S(=O)(Cc1nccs1)c1ccc(OC2CNC2)c(Cl)c1. The molecule has 0 atom stereocenters. The Morgan fingerprint density at radius 3 is 2.46 bits per heavy atom. The van der Waals surface area contributed by atoms with Crippen molar-refractivity contribution in [3.63, 3.8) is 0 Å². The third-order valence-corrected chi connectivity index (χ3v) is 6.22. The van der Waals surface area contributed by atoms with Crippen LogP contribution in [0.15, 0.2) is 34.7 Å². The Morgan fingerprint density at radius 2 is 2.04 bits per heavy atom. The van der Waals surface area contributed by atoms with Gasteiger partial charge in [-0.1, -0.05) is 11.6 Å². The van der Waals surface area contributed by atoms with Crippen molar-refractivity contribution in [1.82, 2.24) is 10.3 Å². The Morgan fingerprint density at radius 1 is 1.39 bits per heavy atom. The minimum atomic E-state index is -5.08. The zero-order chi connectivity index (χ0) is 20.9. The molecule has 7 nitrogen and oxygen atoms in total. The molecule has 0 spiro atoms. The van der Waals surface area contributed by atoms with Gasteiger partial charge in [-0.2, -0.15) is 13.2 Å². The number of carboxylic acid groups (broad SMARTS) is 1. The van der Waals surface area contributed by atoms with Gasteiger partial charge in [-0.25, -0.2) is 18.2 Å². The van der Waals surface area contributed by atoms with Crippen molar-refractivity contribution in [3.8, 4) is 5.75 Å². The molecule has 154 valence electrons. The van der Waals surface area contributed by atoms with Crippen LogP contribution < -0.4 is 10.1 Å². The molecule has 2 heterocycles. The van der Waals surface area contributed by atoms with Crippen LogP contribution in [0.3, 0.4) is 0 Å². The standard InChI is InChI=1S/C13H13ClN2O3S2.C2HF3O2/c14-11-5-10(1-2-12(11)19-9-6-15-7-9)21(17,18)8-13-16-3-4-20-13;3-2(4,5)1(6)7/h1-5,9,15H,6-8H2;(H,6,7). The van der Waals surface area contributed by atoms with Crippen molar-refractivity contribution in [1.29, 1.82) is 0 Å². The summed E-state index contributed by atoms with van der Waals surface area (Å²) in [6.45, 7) is 1.56. The highest BCUT2D eigenvalue weighted by Crippen LogP contribution is 2.30. The molecule has 2 N–H and O–H groups in total. The number of aromatic nitrogens is 1. The first-order valence-corrected chi connectivity index (χ1v) is 10.5. The highest BCUT2D eigenvalue weighted by molar-refractivity contribution is 7.90. The fraction of sp³-hybridized carbons (Fsp3) is 0.333. The molecule has 2 aromatic rings. The molecular weight excluding hydrogens is 445 g/mol. The Balaban J connectivity index is 0.000000345. The van der Waals surface area contributed by atoms with Gasteiger partial charge in [-0.15, -0.1) is 11.3 Å². The van der Waals surface area contributed by atoms with Crippen molar-refractivity contribution in [2.75, 3.05) is 13.1 Å². The Kier molecular flexibility index (Phi) is 7.26. The smallest absolute Gasteiger partial charge is 0.486 e. The number of hydrogen-bond donors (Lipinski definition) is 2. The fourth-order valence-corrected chi connectivity index (χ4v) is 4.43. The first-order valence-electron chi connectivity index (χ1n) is 7.57. The second-order valence-electron chi connectivity index (χ2n) is 5.48. The van der Waals surface area contributed by atoms with Gasteiger partial charge in [0, 0.05) is 24.7 Å². The summed E-state index contributed by atoms with van der Waals surface area (Å²) in [6, 6.07) is 4.57. The summed E-state index contributed by atoms with van der Waals surface area (Å²) in [5, 5.41) is 12.8. The van der Waals surface area contributed by atoms with Gasteiger partial charge in [0.2, 0.25) is 0 Å². The van der Waals surface area contributed by atoms with Crippen LogP contribution in [0.1, 0.15) is 5.01 Å². The molecule has 0 radical (unpaired) electrons. The number of nitrogens with one attached hydrogen (secondary N) is 1. The maximum Gasteiger partial charge on any atom is 0.490 e. The molecule has 1 aliphatic rings. The zero-order valence-corrected chi connectivity index (χ0v) is 16.3. The van der Waals surface area contributed by atoms with Crippen LogP contribution in [0.2, 0.25) is 5.02 Å². The Hall–Kier alpha value is -1.89. The van der Waals surface area contributed by atoms with Crippen molar-refractivity contribution in [3.05, 3.63) is 39.8 Å². The molecule has 0 amide bonds. The highest BCUT2D eigenvalue weighted by Gasteiger charge is 2.38. The molecule has 1 aromatic carbocycles. The number of carbonyl (C=O) groups is 1. The number of thiazole rings is 1. The molecule has 1 saturated heterocycles. The largest absolute Gasteiger partial charge is 0.490 e. The van der Waals surface area contributed by atoms with E-state index in [2.05, 4.69) is 10.3 Å². The van der Waals surface area contributed by atoms with E-state index >= 15 is 0 Å². The maximum absolute atomic E-state index is 12.3. The lowest BCUT2D eigenvalue weighted by atomic mass is 10.2. The molecule has 0 saturated carbocycles. The highest BCUT2D eigenvalue weighted by atomic mass is 35.5. The summed E-state index contributed by atoms with van der Waals surface area (Å²) in [6.07, 6.45) is -3.40. The predicted molar refractivity (Wildman–Crippen MR) is 95.4 cm³/mol. The molecule has 13 heteroatoms. The molecule has 1 aliphatic heterocycles. The van der Waals surface area contributed by atoms with E-state index in [1.165, 1.54) is 23.5 Å². The van der Waals surface area contributed by atoms with Crippen molar-refractivity contribution < 1.29 is 36.2 Å². The number of hydrogen-bond acceptors (Lipinski definition) is 7. The van der Waals surface area contributed by atoms with E-state index in [0.717, 1.165) is 13.1 Å². The summed E-state index contributed by atoms with van der Waals surface area (Å²) in [7, 11) is -3.45. The number of nitrogens with zero attached hydrogens (tertiary/aromatic N) is 1. The molecule has 0 bridgehead atoms. The van der Waals surface area contributed by atoms with Gasteiger partial charge in [0.05, 0.1) is 9.92 Å². The first kappa shape index (κ1) is 22.4. The Bertz CT molecular complexity index is 916. The summed E-state index contributed by atoms with van der Waals surface area (Å²) in [5.41, 5.74) is 0. The summed E-state index contributed by atoms with van der Waals surface area (Å²) < 4.78 is 62.0. The molecule has 0 aliphatic carbocycles. The topological polar surface area (TPSA) is 106 Å². The number of sulfone groups is 1. The minimum absolute atomic E-state index is 0.0975. The second-order valence-corrected chi connectivity index (χ2v) is 8.85. The second kappa shape index (κ2) is 9.07. The van der Waals surface area contributed by atoms with E-state index < -0.39 is 22.0 Å². The molecular formula is C15H14ClF3N2O5S2. The van der Waals surface area contributed by atoms with Crippen LogP contribution in [0, 0.1) is 0 Å². The molecule has 1 aromatic heterocycles. The average molecular weight is 459 g/mol. The van der Waals surface area contributed by atoms with Crippen LogP contribution in [-0.4, -0.2) is 49.8 Å². The summed E-state index contributed by atoms with van der Waals surface area (Å²) >= 11 is 7.44. The van der Waals surface area contributed by atoms with Gasteiger partial charge in [0.15, 0.2) is 9.84 Å². The van der Waals surface area contributed by atoms with E-state index in [1.807, 2.05) is 0 Å². The van der Waals surface area contributed by atoms with Gasteiger partial charge in [0.25, 0.3) is 0 Å². The third-order valence-electron chi connectivity index (χ3n) is 3.34. The fourth-order valence-electron chi connectivity index (χ4n) is 1.87. The average Bonchev–Trinajstić information content (AvgIpc) is 3.03. The van der Waals surface area contributed by atoms with Crippen LogP contribution >= 0.6 is 22.9 Å². The zero-order valence-electron chi connectivity index (χ0n) is 13.9. The van der Waals surface area contributed by atoms with Gasteiger partial charge in [0.1, 0.15) is 22.6 Å². The molecule has 28 heavy (non-hydrogen) atoms. The van der Waals surface area contributed by atoms with Crippen molar-refractivity contribution >= 4 is 38.7 Å². The van der Waals surface area contributed by atoms with Crippen LogP contribution in [0.5, 0.6) is 5.75 Å². The first-order chi connectivity index (χ1) is 13.0. The van der Waals surface area contributed by atoms with Crippen molar-refractivity contribution in [2.24, 2.45) is 0 Å². The van der Waals surface area contributed by atoms with Gasteiger partial charge >= 0.3 is 12.1 Å². The number of ether oxygens (including phenoxy) is 1. The number of aliphatic carboxylic acids is 1. The number of benzene rings is 1. The van der Waals surface area contributed by atoms with Crippen LogP contribution in [0.25, 0.3) is 0 Å². The van der Waals surface area contributed by atoms with Gasteiger partial charge in [-0.05, 0) is 18.2 Å². The van der Waals surface area contributed by atoms with E-state index in [1.54, 1.807) is 17.6 Å². The van der Waals surface area contributed by atoms with Crippen LogP contribution in [-0.2, 0) is 20.4 Å². The summed E-state index contributed by atoms with van der Waals surface area (Å²) in [5.74, 6) is -2.36. The van der Waals surface area contributed by atoms with E-state index in [4.69, 9.17) is 26.2 Å². The maximum atomic E-state index is 12.3. The molecule has 3 rings (SSSR count).